The molecule has 0 aliphatic carbocycles. The predicted octanol–water partition coefficient (Wildman–Crippen LogP) is 0.831. The zero-order chi connectivity index (χ0) is 10.4. The van der Waals surface area contributed by atoms with Crippen LogP contribution in [0.3, 0.4) is 0 Å². The van der Waals surface area contributed by atoms with Crippen LogP contribution in [0.2, 0.25) is 0 Å². The molecule has 0 aromatic rings. The first-order valence-electron chi connectivity index (χ1n) is 5.41. The van der Waals surface area contributed by atoms with Crippen LogP contribution in [0.25, 0.3) is 0 Å². The van der Waals surface area contributed by atoms with E-state index in [-0.39, 0.29) is 30.5 Å². The number of halogens is 1. The standard InChI is InChI=1S/C10H20N2O2.ClH/c1-2-3-6-12-10(13)9-5-4-8(7-11)14-9;/h8-9H,2-7,11H2,1H3,(H,12,13);1H/t8-,9+;/m1./s1. The van der Waals surface area contributed by atoms with Crippen LogP contribution in [-0.4, -0.2) is 31.2 Å². The zero-order valence-corrected chi connectivity index (χ0v) is 10.0. The first-order valence-corrected chi connectivity index (χ1v) is 5.41. The Morgan fingerprint density at radius 1 is 1.53 bits per heavy atom. The number of hydrogen-bond acceptors (Lipinski definition) is 3. The van der Waals surface area contributed by atoms with E-state index >= 15 is 0 Å². The van der Waals surface area contributed by atoms with Gasteiger partial charge in [0.25, 0.3) is 0 Å². The van der Waals surface area contributed by atoms with E-state index < -0.39 is 0 Å². The fraction of sp³-hybridized carbons (Fsp3) is 0.900. The molecule has 3 N–H and O–H groups in total. The summed E-state index contributed by atoms with van der Waals surface area (Å²) in [6.07, 6.45) is 3.65. The maximum Gasteiger partial charge on any atom is 0.249 e. The highest BCUT2D eigenvalue weighted by molar-refractivity contribution is 5.85. The molecule has 5 heteroatoms. The largest absolute Gasteiger partial charge is 0.364 e. The third kappa shape index (κ3) is 4.82. The topological polar surface area (TPSA) is 64.4 Å². The SMILES string of the molecule is CCCCNC(=O)[C@@H]1CC[C@H](CN)O1.Cl. The molecule has 1 aliphatic rings. The van der Waals surface area contributed by atoms with E-state index in [0.29, 0.717) is 6.54 Å². The van der Waals surface area contributed by atoms with E-state index in [4.69, 9.17) is 10.5 Å². The molecular formula is C10H21ClN2O2. The third-order valence-corrected chi connectivity index (χ3v) is 2.49. The first kappa shape index (κ1) is 14.7. The highest BCUT2D eigenvalue weighted by Gasteiger charge is 2.29. The van der Waals surface area contributed by atoms with Gasteiger partial charge in [-0.05, 0) is 19.3 Å². The molecule has 1 saturated heterocycles. The molecule has 0 saturated carbocycles. The smallest absolute Gasteiger partial charge is 0.249 e. The molecule has 0 bridgehead atoms. The van der Waals surface area contributed by atoms with Crippen LogP contribution in [0, 0.1) is 0 Å². The van der Waals surface area contributed by atoms with Crippen LogP contribution >= 0.6 is 12.4 Å². The summed E-state index contributed by atoms with van der Waals surface area (Å²) in [5, 5.41) is 2.87. The number of carbonyl (C=O) groups excluding carboxylic acids is 1. The molecule has 15 heavy (non-hydrogen) atoms. The predicted molar refractivity (Wildman–Crippen MR) is 62.1 cm³/mol. The number of ether oxygens (including phenoxy) is 1. The second-order valence-electron chi connectivity index (χ2n) is 3.70. The number of nitrogens with two attached hydrogens (primary N) is 1. The van der Waals surface area contributed by atoms with Crippen molar-refractivity contribution >= 4 is 18.3 Å². The van der Waals surface area contributed by atoms with Gasteiger partial charge >= 0.3 is 0 Å². The van der Waals surface area contributed by atoms with Gasteiger partial charge < -0.3 is 15.8 Å². The van der Waals surface area contributed by atoms with Crippen molar-refractivity contribution in [3.8, 4) is 0 Å². The van der Waals surface area contributed by atoms with E-state index in [1.54, 1.807) is 0 Å². The summed E-state index contributed by atoms with van der Waals surface area (Å²) in [7, 11) is 0. The van der Waals surface area contributed by atoms with Crippen molar-refractivity contribution in [2.75, 3.05) is 13.1 Å². The number of amides is 1. The van der Waals surface area contributed by atoms with E-state index in [9.17, 15) is 4.79 Å². The van der Waals surface area contributed by atoms with Crippen molar-refractivity contribution in [2.24, 2.45) is 5.73 Å². The Labute approximate surface area is 97.3 Å². The fourth-order valence-electron chi connectivity index (χ4n) is 1.57. The molecule has 0 aromatic carbocycles. The van der Waals surface area contributed by atoms with Crippen LogP contribution in [0.1, 0.15) is 32.6 Å². The Morgan fingerprint density at radius 2 is 2.27 bits per heavy atom. The van der Waals surface area contributed by atoms with Gasteiger partial charge in [0, 0.05) is 13.1 Å². The summed E-state index contributed by atoms with van der Waals surface area (Å²) in [6.45, 7) is 3.36. The zero-order valence-electron chi connectivity index (χ0n) is 9.20. The minimum absolute atomic E-state index is 0. The van der Waals surface area contributed by atoms with Gasteiger partial charge in [0.2, 0.25) is 5.91 Å². The van der Waals surface area contributed by atoms with Gasteiger partial charge in [0.1, 0.15) is 6.10 Å². The molecule has 1 fully saturated rings. The summed E-state index contributed by atoms with van der Waals surface area (Å²) in [5.41, 5.74) is 5.46. The third-order valence-electron chi connectivity index (χ3n) is 2.49. The second kappa shape index (κ2) is 7.91. The van der Waals surface area contributed by atoms with Crippen molar-refractivity contribution in [3.05, 3.63) is 0 Å². The van der Waals surface area contributed by atoms with Crippen LogP contribution < -0.4 is 11.1 Å². The van der Waals surface area contributed by atoms with Crippen molar-refractivity contribution < 1.29 is 9.53 Å². The molecule has 0 spiro atoms. The molecule has 1 amide bonds. The molecule has 0 aromatic heterocycles. The quantitative estimate of drug-likeness (QED) is 0.695. The fourth-order valence-corrected chi connectivity index (χ4v) is 1.57. The number of nitrogens with one attached hydrogen (secondary N) is 1. The van der Waals surface area contributed by atoms with Crippen molar-refractivity contribution in [1.29, 1.82) is 0 Å². The Bertz CT molecular complexity index is 190. The Morgan fingerprint density at radius 3 is 2.80 bits per heavy atom. The summed E-state index contributed by atoms with van der Waals surface area (Å²) in [6, 6.07) is 0. The van der Waals surface area contributed by atoms with Crippen LogP contribution in [0.15, 0.2) is 0 Å². The lowest BCUT2D eigenvalue weighted by Crippen LogP contribution is -2.35. The van der Waals surface area contributed by atoms with Gasteiger partial charge in [-0.15, -0.1) is 12.4 Å². The van der Waals surface area contributed by atoms with Crippen LogP contribution in [-0.2, 0) is 9.53 Å². The molecule has 2 atom stereocenters. The maximum atomic E-state index is 11.5. The normalized spacial score (nSPS) is 24.7. The maximum absolute atomic E-state index is 11.5. The van der Waals surface area contributed by atoms with E-state index in [2.05, 4.69) is 12.2 Å². The Kier molecular flexibility index (Phi) is 7.74. The summed E-state index contributed by atoms with van der Waals surface area (Å²) in [4.78, 5) is 11.5. The average Bonchev–Trinajstić information content (AvgIpc) is 2.66. The van der Waals surface area contributed by atoms with Gasteiger partial charge in [0.05, 0.1) is 6.10 Å². The molecule has 90 valence electrons. The number of unbranched alkanes of at least 4 members (excludes halogenated alkanes) is 1. The summed E-state index contributed by atoms with van der Waals surface area (Å²) < 4.78 is 5.47. The number of rotatable bonds is 5. The van der Waals surface area contributed by atoms with Gasteiger partial charge in [-0.3, -0.25) is 4.79 Å². The van der Waals surface area contributed by atoms with Gasteiger partial charge in [-0.1, -0.05) is 13.3 Å². The monoisotopic (exact) mass is 236 g/mol. The van der Waals surface area contributed by atoms with Gasteiger partial charge in [0.15, 0.2) is 0 Å². The molecule has 1 heterocycles. The Hall–Kier alpha value is -0.320. The van der Waals surface area contributed by atoms with Crippen molar-refractivity contribution in [1.82, 2.24) is 5.32 Å². The summed E-state index contributed by atoms with van der Waals surface area (Å²) in [5.74, 6) is 0.0226. The lowest BCUT2D eigenvalue weighted by Gasteiger charge is -2.12. The molecular weight excluding hydrogens is 216 g/mol. The van der Waals surface area contributed by atoms with Crippen molar-refractivity contribution in [2.45, 2.75) is 44.8 Å². The van der Waals surface area contributed by atoms with E-state index in [1.807, 2.05) is 0 Å². The lowest BCUT2D eigenvalue weighted by molar-refractivity contribution is -0.131. The average molecular weight is 237 g/mol. The van der Waals surface area contributed by atoms with Crippen LogP contribution in [0.5, 0.6) is 0 Å². The van der Waals surface area contributed by atoms with E-state index in [1.165, 1.54) is 0 Å². The lowest BCUT2D eigenvalue weighted by atomic mass is 10.2. The number of carbonyl (C=O) groups is 1. The minimum atomic E-state index is -0.264. The minimum Gasteiger partial charge on any atom is -0.364 e. The van der Waals surface area contributed by atoms with Crippen molar-refractivity contribution in [3.63, 3.8) is 0 Å². The molecule has 0 radical (unpaired) electrons. The van der Waals surface area contributed by atoms with Gasteiger partial charge in [-0.2, -0.15) is 0 Å². The van der Waals surface area contributed by atoms with Crippen LogP contribution in [0.4, 0.5) is 0 Å². The Balaban J connectivity index is 0.00000196. The molecule has 1 rings (SSSR count). The highest BCUT2D eigenvalue weighted by atomic mass is 35.5. The molecule has 1 aliphatic heterocycles. The van der Waals surface area contributed by atoms with Gasteiger partial charge in [-0.25, -0.2) is 0 Å². The molecule has 0 unspecified atom stereocenters. The van der Waals surface area contributed by atoms with E-state index in [0.717, 1.165) is 32.2 Å². The summed E-state index contributed by atoms with van der Waals surface area (Å²) >= 11 is 0. The highest BCUT2D eigenvalue weighted by Crippen LogP contribution is 2.18. The first-order chi connectivity index (χ1) is 6.77. The molecule has 4 nitrogen and oxygen atoms in total. The second-order valence-corrected chi connectivity index (χ2v) is 3.70. The number of hydrogen-bond donors (Lipinski definition) is 2.